The highest BCUT2D eigenvalue weighted by Crippen LogP contribution is 2.27. The molecule has 1 fully saturated rings. The van der Waals surface area contributed by atoms with E-state index in [-0.39, 0.29) is 17.2 Å². The molecule has 3 heterocycles. The molecule has 1 N–H and O–H groups in total. The van der Waals surface area contributed by atoms with Gasteiger partial charge >= 0.3 is 0 Å². The number of nitrogens with one attached hydrogen (secondary N) is 1. The second-order valence-corrected chi connectivity index (χ2v) is 7.71. The summed E-state index contributed by atoms with van der Waals surface area (Å²) in [6.45, 7) is 3.09. The lowest BCUT2D eigenvalue weighted by Gasteiger charge is -2.35. The van der Waals surface area contributed by atoms with E-state index in [0.29, 0.717) is 29.7 Å². The van der Waals surface area contributed by atoms with Crippen molar-refractivity contribution < 1.29 is 9.53 Å². The normalized spacial score (nSPS) is 16.2. The Bertz CT molecular complexity index is 1040. The van der Waals surface area contributed by atoms with Crippen LogP contribution in [-0.4, -0.2) is 53.0 Å². The minimum absolute atomic E-state index is 0.0239. The van der Waals surface area contributed by atoms with Crippen molar-refractivity contribution >= 4 is 33.8 Å². The lowest BCUT2D eigenvalue weighted by Crippen LogP contribution is -2.44. The zero-order valence-corrected chi connectivity index (χ0v) is 16.6. The number of morpholine rings is 1. The first-order valence-electron chi connectivity index (χ1n) is 8.94. The van der Waals surface area contributed by atoms with Crippen LogP contribution in [0.4, 0.5) is 0 Å². The number of hydrogen-bond acceptors (Lipinski definition) is 6. The van der Waals surface area contributed by atoms with Gasteiger partial charge in [-0.1, -0.05) is 29.8 Å². The van der Waals surface area contributed by atoms with E-state index in [1.807, 2.05) is 24.3 Å². The second kappa shape index (κ2) is 8.40. The summed E-state index contributed by atoms with van der Waals surface area (Å²) < 4.78 is 6.83. The van der Waals surface area contributed by atoms with Crippen LogP contribution in [0.2, 0.25) is 5.02 Å². The van der Waals surface area contributed by atoms with Gasteiger partial charge in [-0.05, 0) is 11.6 Å². The monoisotopic (exact) mass is 418 g/mol. The summed E-state index contributed by atoms with van der Waals surface area (Å²) in [6.07, 6.45) is 2.95. The van der Waals surface area contributed by atoms with E-state index in [1.54, 1.807) is 11.6 Å². The molecule has 1 atom stereocenters. The van der Waals surface area contributed by atoms with E-state index in [9.17, 15) is 9.59 Å². The summed E-state index contributed by atoms with van der Waals surface area (Å²) in [5.74, 6) is -0.441. The van der Waals surface area contributed by atoms with Gasteiger partial charge in [0.1, 0.15) is 5.56 Å². The van der Waals surface area contributed by atoms with Crippen molar-refractivity contribution in [3.05, 3.63) is 68.5 Å². The Morgan fingerprint density at radius 1 is 1.32 bits per heavy atom. The van der Waals surface area contributed by atoms with E-state index in [4.69, 9.17) is 16.3 Å². The van der Waals surface area contributed by atoms with Crippen molar-refractivity contribution in [2.45, 2.75) is 6.04 Å². The molecule has 146 valence electrons. The number of benzene rings is 1. The predicted octanol–water partition coefficient (Wildman–Crippen LogP) is 2.21. The minimum atomic E-state index is -0.441. The molecule has 28 heavy (non-hydrogen) atoms. The van der Waals surface area contributed by atoms with Crippen LogP contribution in [0.1, 0.15) is 22.0 Å². The fourth-order valence-corrected chi connectivity index (χ4v) is 4.27. The van der Waals surface area contributed by atoms with Crippen LogP contribution in [0.3, 0.4) is 0 Å². The van der Waals surface area contributed by atoms with Crippen molar-refractivity contribution in [2.75, 3.05) is 32.8 Å². The molecule has 1 amide bonds. The maximum atomic E-state index is 12.7. The van der Waals surface area contributed by atoms with Gasteiger partial charge in [0.05, 0.1) is 19.3 Å². The molecule has 1 saturated heterocycles. The maximum Gasteiger partial charge on any atom is 0.271 e. The Hall–Kier alpha value is -2.26. The van der Waals surface area contributed by atoms with E-state index >= 15 is 0 Å². The highest BCUT2D eigenvalue weighted by atomic mass is 35.5. The fourth-order valence-electron chi connectivity index (χ4n) is 3.34. The van der Waals surface area contributed by atoms with Gasteiger partial charge in [-0.25, -0.2) is 4.98 Å². The molecule has 7 nitrogen and oxygen atoms in total. The topological polar surface area (TPSA) is 75.9 Å². The van der Waals surface area contributed by atoms with Crippen LogP contribution in [0.5, 0.6) is 0 Å². The molecular weight excluding hydrogens is 400 g/mol. The molecule has 3 aromatic rings. The number of thiazole rings is 1. The van der Waals surface area contributed by atoms with Gasteiger partial charge in [0.25, 0.3) is 11.5 Å². The highest BCUT2D eigenvalue weighted by molar-refractivity contribution is 7.15. The van der Waals surface area contributed by atoms with Crippen molar-refractivity contribution in [2.24, 2.45) is 0 Å². The first-order valence-corrected chi connectivity index (χ1v) is 10.2. The van der Waals surface area contributed by atoms with Gasteiger partial charge in [0, 0.05) is 42.4 Å². The molecule has 0 radical (unpaired) electrons. The lowest BCUT2D eigenvalue weighted by molar-refractivity contribution is 0.0162. The molecule has 1 aliphatic heterocycles. The average molecular weight is 419 g/mol. The number of nitrogens with zero attached hydrogens (tertiary/aromatic N) is 3. The molecule has 1 unspecified atom stereocenters. The van der Waals surface area contributed by atoms with Gasteiger partial charge < -0.3 is 10.1 Å². The number of fused-ring (bicyclic) bond motifs is 1. The van der Waals surface area contributed by atoms with E-state index in [2.05, 4.69) is 15.2 Å². The number of aromatic nitrogens is 2. The predicted molar refractivity (Wildman–Crippen MR) is 108 cm³/mol. The Morgan fingerprint density at radius 2 is 2.11 bits per heavy atom. The minimum Gasteiger partial charge on any atom is -0.379 e. The summed E-state index contributed by atoms with van der Waals surface area (Å²) in [7, 11) is 0. The van der Waals surface area contributed by atoms with Gasteiger partial charge in [-0.3, -0.25) is 18.9 Å². The van der Waals surface area contributed by atoms with Crippen molar-refractivity contribution in [1.82, 2.24) is 19.6 Å². The van der Waals surface area contributed by atoms with E-state index in [1.165, 1.54) is 21.9 Å². The standard InChI is InChI=1S/C19H19ClN4O3S/c20-15-4-2-1-3-13(15)16(23-5-8-27-9-6-23)12-21-17(25)14-11-22-19-24(18(14)26)7-10-28-19/h1-4,7,10-11,16H,5-6,8-9,12H2,(H,21,25). The van der Waals surface area contributed by atoms with Gasteiger partial charge in [-0.15, -0.1) is 11.3 Å². The number of ether oxygens (including phenoxy) is 1. The molecule has 4 rings (SSSR count). The van der Waals surface area contributed by atoms with Gasteiger partial charge in [0.2, 0.25) is 0 Å². The first kappa shape index (κ1) is 19.1. The van der Waals surface area contributed by atoms with Crippen LogP contribution in [0, 0.1) is 0 Å². The summed E-state index contributed by atoms with van der Waals surface area (Å²) in [4.78, 5) is 32.2. The zero-order chi connectivity index (χ0) is 19.5. The van der Waals surface area contributed by atoms with Crippen molar-refractivity contribution in [1.29, 1.82) is 0 Å². The molecule has 0 aliphatic carbocycles. The maximum absolute atomic E-state index is 12.7. The highest BCUT2D eigenvalue weighted by Gasteiger charge is 2.25. The molecule has 1 aliphatic rings. The third-order valence-electron chi connectivity index (χ3n) is 4.79. The Labute approximate surface area is 170 Å². The van der Waals surface area contributed by atoms with Crippen LogP contribution >= 0.6 is 22.9 Å². The van der Waals surface area contributed by atoms with Crippen molar-refractivity contribution in [3.8, 4) is 0 Å². The number of carbonyl (C=O) groups is 1. The molecule has 2 aromatic heterocycles. The number of carbonyl (C=O) groups excluding carboxylic acids is 1. The third-order valence-corrected chi connectivity index (χ3v) is 5.91. The van der Waals surface area contributed by atoms with Gasteiger partial charge in [0.15, 0.2) is 4.96 Å². The molecule has 0 bridgehead atoms. The van der Waals surface area contributed by atoms with Crippen LogP contribution in [0.15, 0.2) is 46.8 Å². The second-order valence-electron chi connectivity index (χ2n) is 6.43. The van der Waals surface area contributed by atoms with E-state index < -0.39 is 5.91 Å². The smallest absolute Gasteiger partial charge is 0.271 e. The van der Waals surface area contributed by atoms with Crippen LogP contribution < -0.4 is 10.9 Å². The fraction of sp³-hybridized carbons (Fsp3) is 0.316. The summed E-state index contributed by atoms with van der Waals surface area (Å²) >= 11 is 7.76. The Balaban J connectivity index is 1.56. The summed E-state index contributed by atoms with van der Waals surface area (Å²) in [5, 5.41) is 5.30. The van der Waals surface area contributed by atoms with Crippen LogP contribution in [-0.2, 0) is 4.74 Å². The summed E-state index contributed by atoms with van der Waals surface area (Å²) in [5.41, 5.74) is 0.592. The van der Waals surface area contributed by atoms with Crippen molar-refractivity contribution in [3.63, 3.8) is 0 Å². The lowest BCUT2D eigenvalue weighted by atomic mass is 10.0. The summed E-state index contributed by atoms with van der Waals surface area (Å²) in [6, 6.07) is 7.50. The average Bonchev–Trinajstić information content (AvgIpc) is 3.20. The Morgan fingerprint density at radius 3 is 2.89 bits per heavy atom. The van der Waals surface area contributed by atoms with E-state index in [0.717, 1.165) is 18.7 Å². The molecule has 0 saturated carbocycles. The number of hydrogen-bond donors (Lipinski definition) is 1. The first-order chi connectivity index (χ1) is 13.6. The Kier molecular flexibility index (Phi) is 5.72. The number of halogens is 1. The number of amides is 1. The van der Waals surface area contributed by atoms with Crippen LogP contribution in [0.25, 0.3) is 4.96 Å². The SMILES string of the molecule is O=C(NCC(c1ccccc1Cl)N1CCOCC1)c1cnc2sccn2c1=O. The molecule has 1 aromatic carbocycles. The number of rotatable bonds is 5. The largest absolute Gasteiger partial charge is 0.379 e. The molecule has 0 spiro atoms. The molecular formula is C19H19ClN4O3S. The van der Waals surface area contributed by atoms with Gasteiger partial charge in [-0.2, -0.15) is 0 Å². The zero-order valence-electron chi connectivity index (χ0n) is 15.0. The third kappa shape index (κ3) is 3.81. The quantitative estimate of drug-likeness (QED) is 0.687. The molecule has 9 heteroatoms.